The van der Waals surface area contributed by atoms with Crippen molar-refractivity contribution in [1.29, 1.82) is 0 Å². The highest BCUT2D eigenvalue weighted by atomic mass is 16.5. The van der Waals surface area contributed by atoms with Gasteiger partial charge >= 0.3 is 0 Å². The van der Waals surface area contributed by atoms with Crippen LogP contribution in [0.25, 0.3) is 0 Å². The Kier molecular flexibility index (Phi) is 4.57. The number of aromatic nitrogens is 1. The minimum absolute atomic E-state index is 0.0254. The van der Waals surface area contributed by atoms with E-state index in [-0.39, 0.29) is 11.5 Å². The molecule has 1 aromatic carbocycles. The van der Waals surface area contributed by atoms with Crippen molar-refractivity contribution in [3.05, 3.63) is 66.0 Å². The molecule has 1 unspecified atom stereocenters. The molecule has 3 fully saturated rings. The lowest BCUT2D eigenvalue weighted by atomic mass is 9.75. The standard InChI is InChI=1S/C22H24N2O/c1-25-22(17-24-14-10-20(22)11-15-24)12-9-21(18-6-3-2-4-7-18)19-8-5-13-23-16-19/h2-8,13,16,20-21H,10-11,14-15,17H2,1H3/t21?,22-/m1/s1. The Labute approximate surface area is 150 Å². The average Bonchev–Trinajstić information content (AvgIpc) is 2.71. The van der Waals surface area contributed by atoms with Gasteiger partial charge in [0.1, 0.15) is 5.60 Å². The molecule has 0 saturated carbocycles. The number of fused-ring (bicyclic) bond motifs is 3. The van der Waals surface area contributed by atoms with Crippen LogP contribution in [0.5, 0.6) is 0 Å². The molecule has 5 rings (SSSR count). The van der Waals surface area contributed by atoms with Crippen molar-refractivity contribution in [2.24, 2.45) is 5.92 Å². The molecule has 0 radical (unpaired) electrons. The minimum Gasteiger partial charge on any atom is -0.364 e. The fourth-order valence-electron chi connectivity index (χ4n) is 4.19. The second-order valence-corrected chi connectivity index (χ2v) is 7.04. The largest absolute Gasteiger partial charge is 0.364 e. The molecule has 4 heterocycles. The van der Waals surface area contributed by atoms with Gasteiger partial charge in [0.25, 0.3) is 0 Å². The molecule has 2 aromatic rings. The van der Waals surface area contributed by atoms with E-state index < -0.39 is 0 Å². The fraction of sp³-hybridized carbons (Fsp3) is 0.409. The Hall–Kier alpha value is -2.15. The van der Waals surface area contributed by atoms with Crippen LogP contribution in [0.3, 0.4) is 0 Å². The lowest BCUT2D eigenvalue weighted by molar-refractivity contribution is -0.0962. The summed E-state index contributed by atoms with van der Waals surface area (Å²) < 4.78 is 6.00. The molecule has 3 aliphatic rings. The summed E-state index contributed by atoms with van der Waals surface area (Å²) in [5.74, 6) is 7.70. The number of rotatable bonds is 3. The van der Waals surface area contributed by atoms with Gasteiger partial charge in [-0.1, -0.05) is 48.2 Å². The molecule has 128 valence electrons. The third-order valence-corrected chi connectivity index (χ3v) is 5.65. The highest BCUT2D eigenvalue weighted by Crippen LogP contribution is 2.38. The molecule has 25 heavy (non-hydrogen) atoms. The van der Waals surface area contributed by atoms with E-state index in [1.54, 1.807) is 0 Å². The molecule has 0 N–H and O–H groups in total. The van der Waals surface area contributed by atoms with Gasteiger partial charge in [0.15, 0.2) is 0 Å². The van der Waals surface area contributed by atoms with Crippen molar-refractivity contribution < 1.29 is 4.74 Å². The average molecular weight is 332 g/mol. The highest BCUT2D eigenvalue weighted by Gasteiger charge is 2.46. The van der Waals surface area contributed by atoms with Crippen LogP contribution in [0.4, 0.5) is 0 Å². The first-order chi connectivity index (χ1) is 12.3. The zero-order valence-corrected chi connectivity index (χ0v) is 14.7. The maximum Gasteiger partial charge on any atom is 0.143 e. The van der Waals surface area contributed by atoms with Crippen LogP contribution in [0, 0.1) is 17.8 Å². The molecule has 3 heteroatoms. The van der Waals surface area contributed by atoms with Crippen LogP contribution in [0.2, 0.25) is 0 Å². The maximum atomic E-state index is 6.00. The summed E-state index contributed by atoms with van der Waals surface area (Å²) in [6, 6.07) is 14.6. The van der Waals surface area contributed by atoms with Gasteiger partial charge in [0.05, 0.1) is 5.92 Å². The van der Waals surface area contributed by atoms with Crippen LogP contribution >= 0.6 is 0 Å². The van der Waals surface area contributed by atoms with E-state index in [1.165, 1.54) is 31.5 Å². The monoisotopic (exact) mass is 332 g/mol. The van der Waals surface area contributed by atoms with Gasteiger partial charge < -0.3 is 4.74 Å². The van der Waals surface area contributed by atoms with Crippen molar-refractivity contribution in [3.63, 3.8) is 0 Å². The van der Waals surface area contributed by atoms with E-state index in [0.717, 1.165) is 12.1 Å². The number of nitrogens with zero attached hydrogens (tertiary/aromatic N) is 2. The van der Waals surface area contributed by atoms with Crippen molar-refractivity contribution in [3.8, 4) is 11.8 Å². The predicted molar refractivity (Wildman–Crippen MR) is 99.2 cm³/mol. The predicted octanol–water partition coefficient (Wildman–Crippen LogP) is 3.33. The van der Waals surface area contributed by atoms with Gasteiger partial charge in [0.2, 0.25) is 0 Å². The molecule has 1 aromatic heterocycles. The first-order valence-corrected chi connectivity index (χ1v) is 9.06. The molecule has 3 nitrogen and oxygen atoms in total. The second kappa shape index (κ2) is 7.00. The topological polar surface area (TPSA) is 25.4 Å². The van der Waals surface area contributed by atoms with Gasteiger partial charge in [-0.05, 0) is 43.1 Å². The maximum absolute atomic E-state index is 6.00. The zero-order chi connectivity index (χ0) is 17.1. The Morgan fingerprint density at radius 3 is 2.48 bits per heavy atom. The van der Waals surface area contributed by atoms with Gasteiger partial charge in [-0.3, -0.25) is 9.88 Å². The summed E-state index contributed by atoms with van der Waals surface area (Å²) in [6.45, 7) is 3.29. The molecule has 0 aliphatic carbocycles. The van der Waals surface area contributed by atoms with Gasteiger partial charge in [-0.25, -0.2) is 0 Å². The van der Waals surface area contributed by atoms with Crippen molar-refractivity contribution in [1.82, 2.24) is 9.88 Å². The van der Waals surface area contributed by atoms with E-state index in [9.17, 15) is 0 Å². The van der Waals surface area contributed by atoms with Gasteiger partial charge in [-0.2, -0.15) is 0 Å². The van der Waals surface area contributed by atoms with Crippen molar-refractivity contribution in [2.75, 3.05) is 26.7 Å². The van der Waals surface area contributed by atoms with Crippen LogP contribution in [-0.2, 0) is 4.74 Å². The Balaban J connectivity index is 1.71. The lowest BCUT2D eigenvalue weighted by Crippen LogP contribution is -2.59. The van der Waals surface area contributed by atoms with Crippen molar-refractivity contribution in [2.45, 2.75) is 24.4 Å². The number of benzene rings is 1. The number of methoxy groups -OCH3 is 1. The summed E-state index contributed by atoms with van der Waals surface area (Å²) in [6.07, 6.45) is 6.10. The second-order valence-electron chi connectivity index (χ2n) is 7.04. The summed E-state index contributed by atoms with van der Waals surface area (Å²) >= 11 is 0. The SMILES string of the molecule is CO[C@]1(C#CC(c2ccccc2)c2cccnc2)CN2CCC1CC2. The van der Waals surface area contributed by atoms with E-state index in [4.69, 9.17) is 4.74 Å². The van der Waals surface area contributed by atoms with E-state index in [0.29, 0.717) is 5.92 Å². The molecule has 3 saturated heterocycles. The van der Waals surface area contributed by atoms with Crippen LogP contribution < -0.4 is 0 Å². The van der Waals surface area contributed by atoms with E-state index in [2.05, 4.69) is 52.1 Å². The Bertz CT molecular complexity index is 717. The normalized spacial score (nSPS) is 28.8. The number of ether oxygens (including phenoxy) is 1. The fourth-order valence-corrected chi connectivity index (χ4v) is 4.19. The summed E-state index contributed by atoms with van der Waals surface area (Å²) in [5.41, 5.74) is 2.01. The Morgan fingerprint density at radius 2 is 1.88 bits per heavy atom. The number of pyridine rings is 1. The quantitative estimate of drug-likeness (QED) is 0.806. The molecule has 2 atom stereocenters. The molecule has 3 aliphatic heterocycles. The molecule has 2 bridgehead atoms. The zero-order valence-electron chi connectivity index (χ0n) is 14.7. The lowest BCUT2D eigenvalue weighted by Gasteiger charge is -2.49. The first kappa shape index (κ1) is 16.3. The molecular weight excluding hydrogens is 308 g/mol. The third kappa shape index (κ3) is 3.20. The van der Waals surface area contributed by atoms with Crippen LogP contribution in [-0.4, -0.2) is 42.2 Å². The molecule has 0 spiro atoms. The first-order valence-electron chi connectivity index (χ1n) is 9.06. The molecule has 0 amide bonds. The summed E-state index contributed by atoms with van der Waals surface area (Å²) in [4.78, 5) is 6.78. The van der Waals surface area contributed by atoms with E-state index >= 15 is 0 Å². The number of hydrogen-bond donors (Lipinski definition) is 0. The third-order valence-electron chi connectivity index (χ3n) is 5.65. The Morgan fingerprint density at radius 1 is 1.12 bits per heavy atom. The van der Waals surface area contributed by atoms with Gasteiger partial charge in [0, 0.05) is 32.0 Å². The highest BCUT2D eigenvalue weighted by molar-refractivity contribution is 5.40. The minimum atomic E-state index is -0.328. The summed E-state index contributed by atoms with van der Waals surface area (Å²) in [5, 5.41) is 0. The smallest absolute Gasteiger partial charge is 0.143 e. The number of piperidine rings is 3. The number of hydrogen-bond acceptors (Lipinski definition) is 3. The van der Waals surface area contributed by atoms with Crippen molar-refractivity contribution >= 4 is 0 Å². The van der Waals surface area contributed by atoms with Crippen LogP contribution in [0.15, 0.2) is 54.9 Å². The van der Waals surface area contributed by atoms with Crippen LogP contribution in [0.1, 0.15) is 29.9 Å². The van der Waals surface area contributed by atoms with Gasteiger partial charge in [-0.15, -0.1) is 0 Å². The summed E-state index contributed by atoms with van der Waals surface area (Å²) in [7, 11) is 1.82. The molecular formula is C22H24N2O. The van der Waals surface area contributed by atoms with E-state index in [1.807, 2.05) is 31.6 Å².